The Morgan fingerprint density at radius 3 is 2.31 bits per heavy atom. The highest BCUT2D eigenvalue weighted by atomic mass is 32.2. The average molecular weight is 496 g/mol. The Morgan fingerprint density at radius 1 is 0.971 bits per heavy atom. The SMILES string of the molecule is CC1CC(C)CN(S(=O)(=O)c2ccc(C(=O)N3CCN(Cc4cn5ccccc5n4)CC3)cc2)C1. The predicted octanol–water partition coefficient (Wildman–Crippen LogP) is 2.96. The zero-order valence-corrected chi connectivity index (χ0v) is 21.2. The summed E-state index contributed by atoms with van der Waals surface area (Å²) in [5.74, 6) is 0.642. The fourth-order valence-corrected chi connectivity index (χ4v) is 6.98. The summed E-state index contributed by atoms with van der Waals surface area (Å²) >= 11 is 0. The molecule has 5 rings (SSSR count). The van der Waals surface area contributed by atoms with Crippen LogP contribution in [0.15, 0.2) is 59.8 Å². The van der Waals surface area contributed by atoms with Gasteiger partial charge in [0.1, 0.15) is 5.65 Å². The molecular formula is C26H33N5O3S. The number of carbonyl (C=O) groups excluding carboxylic acids is 1. The van der Waals surface area contributed by atoms with Crippen molar-refractivity contribution in [1.82, 2.24) is 23.5 Å². The van der Waals surface area contributed by atoms with Crippen LogP contribution in [-0.2, 0) is 16.6 Å². The highest BCUT2D eigenvalue weighted by Crippen LogP contribution is 2.27. The van der Waals surface area contributed by atoms with Crippen molar-refractivity contribution >= 4 is 21.6 Å². The van der Waals surface area contributed by atoms with Crippen LogP contribution in [0.1, 0.15) is 36.3 Å². The molecule has 0 saturated carbocycles. The molecule has 2 aliphatic rings. The second kappa shape index (κ2) is 9.72. The number of pyridine rings is 1. The molecule has 2 aromatic heterocycles. The van der Waals surface area contributed by atoms with Crippen LogP contribution in [-0.4, -0.2) is 77.1 Å². The lowest BCUT2D eigenvalue weighted by molar-refractivity contribution is 0.0627. The van der Waals surface area contributed by atoms with E-state index in [-0.39, 0.29) is 10.8 Å². The molecule has 0 N–H and O–H groups in total. The maximum Gasteiger partial charge on any atom is 0.253 e. The molecule has 2 atom stereocenters. The van der Waals surface area contributed by atoms with Gasteiger partial charge >= 0.3 is 0 Å². The Bertz CT molecular complexity index is 1250. The van der Waals surface area contributed by atoms with Gasteiger partial charge in [-0.25, -0.2) is 13.4 Å². The molecule has 35 heavy (non-hydrogen) atoms. The fourth-order valence-electron chi connectivity index (χ4n) is 5.30. The van der Waals surface area contributed by atoms with Gasteiger partial charge in [0.2, 0.25) is 10.0 Å². The first-order valence-corrected chi connectivity index (χ1v) is 13.8. The van der Waals surface area contributed by atoms with E-state index in [9.17, 15) is 13.2 Å². The highest BCUT2D eigenvalue weighted by Gasteiger charge is 2.32. The number of hydrogen-bond donors (Lipinski definition) is 0. The molecule has 1 aromatic carbocycles. The number of amides is 1. The fraction of sp³-hybridized carbons (Fsp3) is 0.462. The van der Waals surface area contributed by atoms with E-state index in [2.05, 4.69) is 23.7 Å². The number of piperidine rings is 1. The summed E-state index contributed by atoms with van der Waals surface area (Å²) in [5.41, 5.74) is 2.48. The Kier molecular flexibility index (Phi) is 6.65. The van der Waals surface area contributed by atoms with Gasteiger partial charge in [0.25, 0.3) is 5.91 Å². The van der Waals surface area contributed by atoms with E-state index in [4.69, 9.17) is 0 Å². The summed E-state index contributed by atoms with van der Waals surface area (Å²) in [6.45, 7) is 8.86. The monoisotopic (exact) mass is 495 g/mol. The van der Waals surface area contributed by atoms with Crippen LogP contribution in [0.5, 0.6) is 0 Å². The third-order valence-corrected chi connectivity index (χ3v) is 8.88. The first-order chi connectivity index (χ1) is 16.8. The van der Waals surface area contributed by atoms with Gasteiger partial charge in [-0.05, 0) is 54.7 Å². The maximum absolute atomic E-state index is 13.1. The molecule has 2 unspecified atom stereocenters. The van der Waals surface area contributed by atoms with E-state index >= 15 is 0 Å². The number of aromatic nitrogens is 2. The van der Waals surface area contributed by atoms with E-state index in [1.165, 1.54) is 0 Å². The van der Waals surface area contributed by atoms with Crippen LogP contribution in [0, 0.1) is 11.8 Å². The lowest BCUT2D eigenvalue weighted by atomic mass is 9.94. The number of sulfonamides is 1. The van der Waals surface area contributed by atoms with Gasteiger partial charge in [0.05, 0.1) is 10.6 Å². The molecule has 4 heterocycles. The Morgan fingerprint density at radius 2 is 1.66 bits per heavy atom. The molecule has 3 aromatic rings. The molecule has 2 saturated heterocycles. The van der Waals surface area contributed by atoms with Crippen molar-refractivity contribution in [1.29, 1.82) is 0 Å². The molecule has 0 spiro atoms. The van der Waals surface area contributed by atoms with Crippen molar-refractivity contribution in [2.45, 2.75) is 31.7 Å². The van der Waals surface area contributed by atoms with Crippen molar-refractivity contribution in [2.75, 3.05) is 39.3 Å². The molecule has 2 fully saturated rings. The quantitative estimate of drug-likeness (QED) is 0.544. The second-order valence-corrected chi connectivity index (χ2v) is 12.0. The first kappa shape index (κ1) is 24.0. The minimum Gasteiger partial charge on any atom is -0.336 e. The molecule has 2 aliphatic heterocycles. The number of rotatable bonds is 5. The number of nitrogens with zero attached hydrogens (tertiary/aromatic N) is 5. The summed E-state index contributed by atoms with van der Waals surface area (Å²) in [6, 6.07) is 12.4. The summed E-state index contributed by atoms with van der Waals surface area (Å²) in [4.78, 5) is 22.1. The summed E-state index contributed by atoms with van der Waals surface area (Å²) in [6.07, 6.45) is 5.09. The smallest absolute Gasteiger partial charge is 0.253 e. The molecular weight excluding hydrogens is 462 g/mol. The van der Waals surface area contributed by atoms with E-state index in [1.807, 2.05) is 39.9 Å². The lowest BCUT2D eigenvalue weighted by Crippen LogP contribution is -2.48. The van der Waals surface area contributed by atoms with Crippen molar-refractivity contribution in [2.24, 2.45) is 11.8 Å². The molecule has 0 bridgehead atoms. The number of benzene rings is 1. The third-order valence-electron chi connectivity index (χ3n) is 7.03. The van der Waals surface area contributed by atoms with Crippen LogP contribution < -0.4 is 0 Å². The topological polar surface area (TPSA) is 78.2 Å². The van der Waals surface area contributed by atoms with Crippen molar-refractivity contribution in [3.63, 3.8) is 0 Å². The highest BCUT2D eigenvalue weighted by molar-refractivity contribution is 7.89. The number of piperazine rings is 1. The zero-order valence-electron chi connectivity index (χ0n) is 20.4. The van der Waals surface area contributed by atoms with E-state index in [1.54, 1.807) is 28.6 Å². The van der Waals surface area contributed by atoms with E-state index in [0.29, 0.717) is 43.6 Å². The van der Waals surface area contributed by atoms with Gasteiger partial charge in [0, 0.05) is 63.8 Å². The van der Waals surface area contributed by atoms with Gasteiger partial charge in [-0.1, -0.05) is 19.9 Å². The van der Waals surface area contributed by atoms with E-state index < -0.39 is 10.0 Å². The Labute approximate surface area is 207 Å². The van der Waals surface area contributed by atoms with Crippen LogP contribution in [0.3, 0.4) is 0 Å². The summed E-state index contributed by atoms with van der Waals surface area (Å²) < 4.78 is 29.9. The third kappa shape index (κ3) is 5.12. The molecule has 8 nitrogen and oxygen atoms in total. The minimum atomic E-state index is -3.55. The van der Waals surface area contributed by atoms with Gasteiger partial charge in [0.15, 0.2) is 0 Å². The Balaban J connectivity index is 1.19. The molecule has 0 aliphatic carbocycles. The lowest BCUT2D eigenvalue weighted by Gasteiger charge is -2.34. The number of imidazole rings is 1. The van der Waals surface area contributed by atoms with E-state index in [0.717, 1.165) is 37.4 Å². The normalized spacial score (nSPS) is 22.5. The number of carbonyl (C=O) groups is 1. The van der Waals surface area contributed by atoms with Crippen molar-refractivity contribution < 1.29 is 13.2 Å². The standard InChI is InChI=1S/C26H33N5O3S/c1-20-15-21(2)17-31(16-20)35(33,34)24-8-6-22(7-9-24)26(32)29-13-11-28(12-14-29)18-23-19-30-10-4-3-5-25(30)27-23/h3-10,19-21H,11-18H2,1-2H3. The Hall–Kier alpha value is -2.75. The largest absolute Gasteiger partial charge is 0.336 e. The summed E-state index contributed by atoms with van der Waals surface area (Å²) in [5, 5.41) is 0. The zero-order chi connectivity index (χ0) is 24.6. The first-order valence-electron chi connectivity index (χ1n) is 12.3. The van der Waals surface area contributed by atoms with Crippen LogP contribution in [0.4, 0.5) is 0 Å². The number of hydrogen-bond acceptors (Lipinski definition) is 5. The van der Waals surface area contributed by atoms with Gasteiger partial charge in [-0.3, -0.25) is 9.69 Å². The average Bonchev–Trinajstić information content (AvgIpc) is 3.26. The van der Waals surface area contributed by atoms with Crippen molar-refractivity contribution in [3.8, 4) is 0 Å². The van der Waals surface area contributed by atoms with Crippen LogP contribution in [0.25, 0.3) is 5.65 Å². The molecule has 9 heteroatoms. The van der Waals surface area contributed by atoms with Gasteiger partial charge < -0.3 is 9.30 Å². The molecule has 1 amide bonds. The van der Waals surface area contributed by atoms with Crippen LogP contribution in [0.2, 0.25) is 0 Å². The number of fused-ring (bicyclic) bond motifs is 1. The predicted molar refractivity (Wildman–Crippen MR) is 135 cm³/mol. The van der Waals surface area contributed by atoms with Crippen LogP contribution >= 0.6 is 0 Å². The maximum atomic E-state index is 13.1. The second-order valence-electron chi connectivity index (χ2n) is 10.1. The molecule has 186 valence electrons. The summed E-state index contributed by atoms with van der Waals surface area (Å²) in [7, 11) is -3.55. The van der Waals surface area contributed by atoms with Gasteiger partial charge in [-0.15, -0.1) is 0 Å². The van der Waals surface area contributed by atoms with Gasteiger partial charge in [-0.2, -0.15) is 4.31 Å². The molecule has 0 radical (unpaired) electrons. The van der Waals surface area contributed by atoms with Crippen molar-refractivity contribution in [3.05, 3.63) is 66.1 Å². The minimum absolute atomic E-state index is 0.0541.